The molecule has 0 amide bonds. The van der Waals surface area contributed by atoms with Crippen LogP contribution in [0.25, 0.3) is 0 Å². The number of nitrogens with zero attached hydrogens (tertiary/aromatic N) is 3. The van der Waals surface area contributed by atoms with E-state index in [1.807, 2.05) is 34.9 Å². The number of hydrogen-bond donors (Lipinski definition) is 1. The number of carboxylic acids is 1. The lowest BCUT2D eigenvalue weighted by Crippen LogP contribution is -2.18. The van der Waals surface area contributed by atoms with Crippen LogP contribution in [-0.4, -0.2) is 30.4 Å². The van der Waals surface area contributed by atoms with Gasteiger partial charge in [-0.1, -0.05) is 84.6 Å². The van der Waals surface area contributed by atoms with Crippen LogP contribution in [0, 0.1) is 0 Å². The van der Waals surface area contributed by atoms with Crippen LogP contribution in [0.15, 0.2) is 84.0 Å². The van der Waals surface area contributed by atoms with Gasteiger partial charge in [-0.3, -0.25) is 4.57 Å². The smallest absolute Gasteiger partial charge is 0.349 e. The fourth-order valence-electron chi connectivity index (χ4n) is 3.84. The van der Waals surface area contributed by atoms with E-state index in [4.69, 9.17) is 16.3 Å². The van der Waals surface area contributed by atoms with Crippen molar-refractivity contribution in [3.63, 3.8) is 0 Å². The lowest BCUT2D eigenvalue weighted by molar-refractivity contribution is -0.145. The summed E-state index contributed by atoms with van der Waals surface area (Å²) < 4.78 is 20.9. The summed E-state index contributed by atoms with van der Waals surface area (Å²) >= 11 is 4.58. The highest BCUT2D eigenvalue weighted by Crippen LogP contribution is 2.24. The molecule has 3 aromatic carbocycles. The van der Waals surface area contributed by atoms with Crippen LogP contribution in [-0.2, 0) is 34.7 Å². The second-order valence-corrected chi connectivity index (χ2v) is 10.4. The van der Waals surface area contributed by atoms with E-state index in [0.29, 0.717) is 33.8 Å². The number of benzene rings is 3. The molecule has 37 heavy (non-hydrogen) atoms. The molecule has 0 aliphatic carbocycles. The molecule has 0 spiro atoms. The Morgan fingerprint density at radius 1 is 1.03 bits per heavy atom. The summed E-state index contributed by atoms with van der Waals surface area (Å²) in [6.45, 7) is 2.55. The Bertz CT molecular complexity index is 1300. The summed E-state index contributed by atoms with van der Waals surface area (Å²) in [6, 6.07) is 23.3. The van der Waals surface area contributed by atoms with Crippen molar-refractivity contribution in [3.05, 3.63) is 106 Å². The van der Waals surface area contributed by atoms with Crippen molar-refractivity contribution >= 4 is 28.7 Å². The van der Waals surface area contributed by atoms with Crippen molar-refractivity contribution < 1.29 is 19.2 Å². The number of rotatable bonds is 12. The zero-order chi connectivity index (χ0) is 26.2. The first-order chi connectivity index (χ1) is 17.9. The Kier molecular flexibility index (Phi) is 9.22. The molecule has 1 aromatic heterocycles. The Hall–Kier alpha value is -3.33. The van der Waals surface area contributed by atoms with E-state index in [1.165, 1.54) is 0 Å². The van der Waals surface area contributed by atoms with Crippen LogP contribution in [0.2, 0.25) is 5.02 Å². The summed E-state index contributed by atoms with van der Waals surface area (Å²) in [7, 11) is 0. The van der Waals surface area contributed by atoms with Crippen molar-refractivity contribution in [2.24, 2.45) is 0 Å². The molecule has 4 rings (SSSR count). The van der Waals surface area contributed by atoms with E-state index in [0.717, 1.165) is 36.2 Å². The van der Waals surface area contributed by atoms with Gasteiger partial charge in [-0.25, -0.2) is 4.79 Å². The van der Waals surface area contributed by atoms with Gasteiger partial charge in [-0.05, 0) is 36.2 Å². The Morgan fingerprint density at radius 2 is 1.70 bits per heavy atom. The molecule has 0 radical (unpaired) electrons. The molecule has 2 atom stereocenters. The number of carbonyl (C=O) groups is 1. The van der Waals surface area contributed by atoms with Gasteiger partial charge >= 0.3 is 11.1 Å². The third-order valence-electron chi connectivity index (χ3n) is 5.81. The first-order valence-corrected chi connectivity index (χ1v) is 13.7. The first-order valence-electron chi connectivity index (χ1n) is 12.0. The van der Waals surface area contributed by atoms with Gasteiger partial charge in [-0.2, -0.15) is 0 Å². The standard InChI is InChI=1S/C28H28ClN3O4S/c1-2-3-9-25-30-31-28(37(35)19-21-10-14-23(29)15-11-21)32(25)18-20-12-16-24(17-13-20)36-26(27(33)34)22-7-5-4-6-8-22/h4-8,10-17,26H,2-3,9,18-19H2,1H3,(H,33,34). The second kappa shape index (κ2) is 12.8. The van der Waals surface area contributed by atoms with Gasteiger partial charge in [0, 0.05) is 33.7 Å². The Labute approximate surface area is 224 Å². The first kappa shape index (κ1) is 26.7. The summed E-state index contributed by atoms with van der Waals surface area (Å²) in [5.41, 5.74) is 2.40. The zero-order valence-electron chi connectivity index (χ0n) is 20.4. The van der Waals surface area contributed by atoms with Crippen LogP contribution in [0.5, 0.6) is 5.75 Å². The highest BCUT2D eigenvalue weighted by Gasteiger charge is 2.24. The quantitative estimate of drug-likeness (QED) is 0.228. The van der Waals surface area contributed by atoms with Gasteiger partial charge < -0.3 is 14.4 Å². The summed E-state index contributed by atoms with van der Waals surface area (Å²) in [5, 5.41) is 19.3. The molecule has 7 nitrogen and oxygen atoms in total. The average molecular weight is 538 g/mol. The predicted molar refractivity (Wildman–Crippen MR) is 143 cm³/mol. The SMILES string of the molecule is CCCCc1nnc([S+]([O-])Cc2ccc(Cl)cc2)n1Cc1ccc(OC(C(=O)O)c2ccccc2)cc1. The monoisotopic (exact) mass is 537 g/mol. The number of ether oxygens (including phenoxy) is 1. The van der Waals surface area contributed by atoms with E-state index >= 15 is 0 Å². The molecular weight excluding hydrogens is 510 g/mol. The van der Waals surface area contributed by atoms with Crippen LogP contribution in [0.1, 0.15) is 48.4 Å². The van der Waals surface area contributed by atoms with Gasteiger partial charge in [0.15, 0.2) is 0 Å². The molecule has 1 N–H and O–H groups in total. The minimum Gasteiger partial charge on any atom is -0.609 e. The number of aryl methyl sites for hydroxylation is 1. The summed E-state index contributed by atoms with van der Waals surface area (Å²) in [5.74, 6) is 0.484. The van der Waals surface area contributed by atoms with E-state index in [1.54, 1.807) is 48.5 Å². The minimum atomic E-state index is -1.39. The molecule has 9 heteroatoms. The Balaban J connectivity index is 1.52. The van der Waals surface area contributed by atoms with Crippen LogP contribution < -0.4 is 4.74 Å². The van der Waals surface area contributed by atoms with Crippen LogP contribution in [0.4, 0.5) is 0 Å². The molecule has 4 aromatic rings. The lowest BCUT2D eigenvalue weighted by atomic mass is 10.1. The maximum atomic E-state index is 13.3. The molecule has 0 fully saturated rings. The molecule has 0 aliphatic rings. The lowest BCUT2D eigenvalue weighted by Gasteiger charge is -2.16. The molecule has 0 bridgehead atoms. The highest BCUT2D eigenvalue weighted by molar-refractivity contribution is 7.90. The molecule has 0 saturated carbocycles. The zero-order valence-corrected chi connectivity index (χ0v) is 22.0. The van der Waals surface area contributed by atoms with Crippen molar-refractivity contribution in [2.75, 3.05) is 0 Å². The molecule has 2 unspecified atom stereocenters. The van der Waals surface area contributed by atoms with Crippen molar-refractivity contribution in [2.45, 2.75) is 49.7 Å². The van der Waals surface area contributed by atoms with E-state index in [9.17, 15) is 14.5 Å². The average Bonchev–Trinajstić information content (AvgIpc) is 3.31. The fraction of sp³-hybridized carbons (Fsp3) is 0.250. The van der Waals surface area contributed by atoms with Gasteiger partial charge in [-0.15, -0.1) is 5.10 Å². The minimum absolute atomic E-state index is 0.311. The number of aromatic nitrogens is 3. The molecule has 0 saturated heterocycles. The third kappa shape index (κ3) is 7.13. The number of hydrogen-bond acceptors (Lipinski definition) is 5. The molecule has 1 heterocycles. The number of halogens is 1. The topological polar surface area (TPSA) is 100 Å². The molecule has 0 aliphatic heterocycles. The highest BCUT2D eigenvalue weighted by atomic mass is 35.5. The van der Waals surface area contributed by atoms with Crippen molar-refractivity contribution in [1.29, 1.82) is 0 Å². The van der Waals surface area contributed by atoms with E-state index < -0.39 is 23.2 Å². The number of aliphatic carboxylic acids is 1. The largest absolute Gasteiger partial charge is 0.609 e. The second-order valence-electron chi connectivity index (χ2n) is 8.60. The van der Waals surface area contributed by atoms with Crippen molar-refractivity contribution in [3.8, 4) is 5.75 Å². The van der Waals surface area contributed by atoms with Gasteiger partial charge in [0.05, 0.1) is 6.54 Å². The molecule has 192 valence electrons. The maximum absolute atomic E-state index is 13.3. The van der Waals surface area contributed by atoms with Gasteiger partial charge in [0.2, 0.25) is 6.10 Å². The third-order valence-corrected chi connectivity index (χ3v) is 7.36. The normalized spacial score (nSPS) is 12.7. The summed E-state index contributed by atoms with van der Waals surface area (Å²) in [6.07, 6.45) is 1.59. The fourth-order valence-corrected chi connectivity index (χ4v) is 5.14. The van der Waals surface area contributed by atoms with Crippen molar-refractivity contribution in [1.82, 2.24) is 14.8 Å². The Morgan fingerprint density at radius 3 is 2.35 bits per heavy atom. The van der Waals surface area contributed by atoms with Crippen LogP contribution >= 0.6 is 11.6 Å². The van der Waals surface area contributed by atoms with E-state index in [-0.39, 0.29) is 0 Å². The molecular formula is C28H28ClN3O4S. The predicted octanol–water partition coefficient (Wildman–Crippen LogP) is 5.83. The van der Waals surface area contributed by atoms with Crippen LogP contribution in [0.3, 0.4) is 0 Å². The van der Waals surface area contributed by atoms with E-state index in [2.05, 4.69) is 17.1 Å². The maximum Gasteiger partial charge on any atom is 0.349 e. The summed E-state index contributed by atoms with van der Waals surface area (Å²) in [4.78, 5) is 11.8. The van der Waals surface area contributed by atoms with Gasteiger partial charge in [0.1, 0.15) is 17.3 Å². The number of unbranched alkanes of at least 4 members (excludes halogenated alkanes) is 1. The van der Waals surface area contributed by atoms with Gasteiger partial charge in [0.25, 0.3) is 0 Å². The number of carboxylic acid groups (broad SMARTS) is 1.